The number of rotatable bonds is 5. The molecule has 3 aromatic rings. The molecular weight excluding hydrogens is 488 g/mol. The van der Waals surface area contributed by atoms with E-state index >= 15 is 0 Å². The minimum Gasteiger partial charge on any atom is -0.348 e. The lowest BCUT2D eigenvalue weighted by Gasteiger charge is -2.36. The minimum atomic E-state index is -4.63. The number of hydrogen-bond acceptors (Lipinski definition) is 3. The molecule has 10 heteroatoms. The van der Waals surface area contributed by atoms with E-state index in [2.05, 4.69) is 10.6 Å². The second kappa shape index (κ2) is 10.1. The summed E-state index contributed by atoms with van der Waals surface area (Å²) in [6, 6.07) is 16.5. The van der Waals surface area contributed by atoms with Gasteiger partial charge in [-0.25, -0.2) is 9.18 Å². The van der Waals surface area contributed by atoms with Gasteiger partial charge in [0.05, 0.1) is 34.5 Å². The topological polar surface area (TPSA) is 85.2 Å². The molecule has 6 nitrogen and oxygen atoms in total. The van der Waals surface area contributed by atoms with Crippen molar-refractivity contribution < 1.29 is 27.2 Å². The van der Waals surface area contributed by atoms with Crippen LogP contribution in [0, 0.1) is 17.1 Å². The fraction of sp³-hybridized carbons (Fsp3) is 0.148. The Morgan fingerprint density at radius 2 is 1.78 bits per heavy atom. The second-order valence-electron chi connectivity index (χ2n) is 8.27. The number of alkyl halides is 3. The van der Waals surface area contributed by atoms with Gasteiger partial charge in [0.1, 0.15) is 5.82 Å². The molecular formula is C27H20F4N4O2. The first-order valence-electron chi connectivity index (χ1n) is 11.1. The van der Waals surface area contributed by atoms with Gasteiger partial charge in [-0.05, 0) is 48.9 Å². The van der Waals surface area contributed by atoms with Gasteiger partial charge in [0.2, 0.25) is 0 Å². The van der Waals surface area contributed by atoms with Crippen molar-refractivity contribution in [2.45, 2.75) is 25.7 Å². The Morgan fingerprint density at radius 1 is 1.08 bits per heavy atom. The number of halogens is 4. The molecule has 0 saturated carbocycles. The van der Waals surface area contributed by atoms with E-state index in [0.29, 0.717) is 11.1 Å². The third kappa shape index (κ3) is 5.30. The lowest BCUT2D eigenvalue weighted by atomic mass is 9.93. The van der Waals surface area contributed by atoms with E-state index in [9.17, 15) is 27.2 Å². The van der Waals surface area contributed by atoms with Crippen molar-refractivity contribution in [1.29, 1.82) is 5.26 Å². The largest absolute Gasteiger partial charge is 0.416 e. The highest BCUT2D eigenvalue weighted by atomic mass is 19.4. The molecule has 0 bridgehead atoms. The molecule has 0 aromatic heterocycles. The maximum atomic E-state index is 14.1. The summed E-state index contributed by atoms with van der Waals surface area (Å²) in [5.74, 6) is -1.16. The fourth-order valence-electron chi connectivity index (χ4n) is 4.08. The predicted molar refractivity (Wildman–Crippen MR) is 127 cm³/mol. The standard InChI is InChI=1S/C27H20F4N4O2/c1-16-23(25(36)33-15-19-5-2-3-8-22(19)28)24(18-11-9-17(14-32)10-12-18)34-26(37)35(16)21-7-4-6-20(13-21)27(29,30)31/h2-13,24H,15H2,1H3,(H,33,36)(H,34,37). The summed E-state index contributed by atoms with van der Waals surface area (Å²) in [6.45, 7) is 1.30. The Morgan fingerprint density at radius 3 is 2.43 bits per heavy atom. The molecule has 0 spiro atoms. The van der Waals surface area contributed by atoms with Crippen molar-refractivity contribution in [2.75, 3.05) is 4.90 Å². The highest BCUT2D eigenvalue weighted by Crippen LogP contribution is 2.36. The zero-order valence-corrected chi connectivity index (χ0v) is 19.4. The lowest BCUT2D eigenvalue weighted by molar-refractivity contribution is -0.137. The molecule has 2 N–H and O–H groups in total. The molecule has 37 heavy (non-hydrogen) atoms. The summed E-state index contributed by atoms with van der Waals surface area (Å²) in [4.78, 5) is 27.5. The van der Waals surface area contributed by atoms with Gasteiger partial charge in [0, 0.05) is 17.8 Å². The molecule has 3 amide bonds. The van der Waals surface area contributed by atoms with Gasteiger partial charge in [-0.15, -0.1) is 0 Å². The summed E-state index contributed by atoms with van der Waals surface area (Å²) < 4.78 is 54.1. The van der Waals surface area contributed by atoms with E-state index in [1.165, 1.54) is 49.4 Å². The second-order valence-corrected chi connectivity index (χ2v) is 8.27. The smallest absolute Gasteiger partial charge is 0.348 e. The van der Waals surface area contributed by atoms with Crippen LogP contribution in [0.25, 0.3) is 0 Å². The van der Waals surface area contributed by atoms with Crippen molar-refractivity contribution >= 4 is 17.6 Å². The van der Waals surface area contributed by atoms with E-state index in [1.807, 2.05) is 6.07 Å². The summed E-state index contributed by atoms with van der Waals surface area (Å²) in [5, 5.41) is 14.4. The number of carbonyl (C=O) groups excluding carboxylic acids is 2. The zero-order chi connectivity index (χ0) is 26.7. The number of hydrogen-bond donors (Lipinski definition) is 2. The Balaban J connectivity index is 1.77. The molecule has 188 valence electrons. The van der Waals surface area contributed by atoms with Crippen LogP contribution >= 0.6 is 0 Å². The van der Waals surface area contributed by atoms with E-state index in [4.69, 9.17) is 5.26 Å². The molecule has 0 fully saturated rings. The minimum absolute atomic E-state index is 0.0538. The van der Waals surface area contributed by atoms with Gasteiger partial charge < -0.3 is 10.6 Å². The van der Waals surface area contributed by atoms with Crippen molar-refractivity contribution in [1.82, 2.24) is 10.6 Å². The SMILES string of the molecule is CC1=C(C(=O)NCc2ccccc2F)C(c2ccc(C#N)cc2)NC(=O)N1c1cccc(C(F)(F)F)c1. The zero-order valence-electron chi connectivity index (χ0n) is 19.4. The molecule has 4 rings (SSSR count). The summed E-state index contributed by atoms with van der Waals surface area (Å²) >= 11 is 0. The van der Waals surface area contributed by atoms with Crippen molar-refractivity contribution in [3.05, 3.63) is 112 Å². The summed E-state index contributed by atoms with van der Waals surface area (Å²) in [5.41, 5.74) is 0.196. The van der Waals surface area contributed by atoms with Gasteiger partial charge in [0.25, 0.3) is 5.91 Å². The number of benzene rings is 3. The summed E-state index contributed by atoms with van der Waals surface area (Å²) in [7, 11) is 0. The number of amides is 3. The molecule has 1 atom stereocenters. The van der Waals surface area contributed by atoms with Crippen LogP contribution < -0.4 is 15.5 Å². The molecule has 0 radical (unpaired) electrons. The maximum Gasteiger partial charge on any atom is 0.416 e. The molecule has 1 heterocycles. The average molecular weight is 508 g/mol. The normalized spacial score (nSPS) is 15.7. The highest BCUT2D eigenvalue weighted by Gasteiger charge is 2.37. The van der Waals surface area contributed by atoms with Crippen LogP contribution in [0.15, 0.2) is 84.1 Å². The Labute approximate surface area is 209 Å². The lowest BCUT2D eigenvalue weighted by Crippen LogP contribution is -2.49. The Kier molecular flexibility index (Phi) is 6.98. The van der Waals surface area contributed by atoms with Gasteiger partial charge in [-0.3, -0.25) is 9.69 Å². The van der Waals surface area contributed by atoms with Crippen LogP contribution in [-0.4, -0.2) is 11.9 Å². The molecule has 1 aliphatic rings. The van der Waals surface area contributed by atoms with E-state index < -0.39 is 35.5 Å². The van der Waals surface area contributed by atoms with Crippen LogP contribution in [0.4, 0.5) is 28.0 Å². The molecule has 1 aliphatic heterocycles. The first kappa shape index (κ1) is 25.4. The van der Waals surface area contributed by atoms with Gasteiger partial charge in [-0.2, -0.15) is 18.4 Å². The molecule has 1 unspecified atom stereocenters. The number of anilines is 1. The number of urea groups is 1. The van der Waals surface area contributed by atoms with Crippen molar-refractivity contribution in [2.24, 2.45) is 0 Å². The maximum absolute atomic E-state index is 14.1. The van der Waals surface area contributed by atoms with Gasteiger partial charge >= 0.3 is 12.2 Å². The van der Waals surface area contributed by atoms with E-state index in [0.717, 1.165) is 17.0 Å². The van der Waals surface area contributed by atoms with Crippen LogP contribution in [0.5, 0.6) is 0 Å². The number of carbonyl (C=O) groups is 2. The number of nitriles is 1. The van der Waals surface area contributed by atoms with Gasteiger partial charge in [-0.1, -0.05) is 36.4 Å². The number of nitrogens with zero attached hydrogens (tertiary/aromatic N) is 2. The van der Waals surface area contributed by atoms with Crippen molar-refractivity contribution in [3.63, 3.8) is 0 Å². The van der Waals surface area contributed by atoms with E-state index in [1.54, 1.807) is 18.2 Å². The molecule has 0 saturated heterocycles. The van der Waals surface area contributed by atoms with Crippen LogP contribution in [0.2, 0.25) is 0 Å². The predicted octanol–water partition coefficient (Wildman–Crippen LogP) is 5.58. The third-order valence-electron chi connectivity index (χ3n) is 5.93. The quantitative estimate of drug-likeness (QED) is 0.442. The monoisotopic (exact) mass is 508 g/mol. The van der Waals surface area contributed by atoms with E-state index in [-0.39, 0.29) is 29.1 Å². The molecule has 0 aliphatic carbocycles. The first-order chi connectivity index (χ1) is 17.6. The fourth-order valence-corrected chi connectivity index (χ4v) is 4.08. The molecule has 3 aromatic carbocycles. The average Bonchev–Trinajstić information content (AvgIpc) is 2.87. The van der Waals surface area contributed by atoms with Crippen molar-refractivity contribution in [3.8, 4) is 6.07 Å². The third-order valence-corrected chi connectivity index (χ3v) is 5.93. The van der Waals surface area contributed by atoms with Gasteiger partial charge in [0.15, 0.2) is 0 Å². The van der Waals surface area contributed by atoms with Crippen LogP contribution in [0.1, 0.15) is 35.2 Å². The first-order valence-corrected chi connectivity index (χ1v) is 11.1. The van der Waals surface area contributed by atoms with Crippen LogP contribution in [-0.2, 0) is 17.5 Å². The Bertz CT molecular complexity index is 1430. The Hall–Kier alpha value is -4.65. The highest BCUT2D eigenvalue weighted by molar-refractivity contribution is 6.04. The number of allylic oxidation sites excluding steroid dienone is 1. The van der Waals surface area contributed by atoms with Crippen LogP contribution in [0.3, 0.4) is 0 Å². The summed E-state index contributed by atoms with van der Waals surface area (Å²) in [6.07, 6.45) is -4.63. The number of nitrogens with one attached hydrogen (secondary N) is 2.